The van der Waals surface area contributed by atoms with Gasteiger partial charge in [0.25, 0.3) is 5.91 Å². The van der Waals surface area contributed by atoms with E-state index in [4.69, 9.17) is 16.3 Å². The fraction of sp³-hybridized carbons (Fsp3) is 0.174. The summed E-state index contributed by atoms with van der Waals surface area (Å²) in [5.74, 6) is 1.05. The van der Waals surface area contributed by atoms with Crippen molar-refractivity contribution in [1.82, 2.24) is 14.8 Å². The number of thiazole rings is 1. The van der Waals surface area contributed by atoms with Crippen molar-refractivity contribution in [3.05, 3.63) is 76.3 Å². The van der Waals surface area contributed by atoms with Crippen LogP contribution in [0.25, 0.3) is 16.4 Å². The van der Waals surface area contributed by atoms with Gasteiger partial charge in [-0.1, -0.05) is 23.7 Å². The second-order valence-electron chi connectivity index (χ2n) is 7.25. The molecule has 0 fully saturated rings. The molecule has 0 bridgehead atoms. The summed E-state index contributed by atoms with van der Waals surface area (Å²) in [4.78, 5) is 17.5. The molecule has 1 amide bonds. The van der Waals surface area contributed by atoms with Crippen molar-refractivity contribution in [1.29, 1.82) is 0 Å². The van der Waals surface area contributed by atoms with Crippen LogP contribution in [0.1, 0.15) is 29.9 Å². The van der Waals surface area contributed by atoms with Gasteiger partial charge in [0.05, 0.1) is 17.5 Å². The third-order valence-electron chi connectivity index (χ3n) is 4.37. The van der Waals surface area contributed by atoms with Crippen LogP contribution in [0.3, 0.4) is 0 Å². The molecule has 0 aliphatic carbocycles. The van der Waals surface area contributed by atoms with E-state index in [2.05, 4.69) is 15.4 Å². The van der Waals surface area contributed by atoms with E-state index in [0.717, 1.165) is 22.7 Å². The zero-order chi connectivity index (χ0) is 22.0. The number of carbonyl (C=O) groups is 1. The highest BCUT2D eigenvalue weighted by atomic mass is 35.5. The first kappa shape index (κ1) is 21.1. The number of anilines is 1. The summed E-state index contributed by atoms with van der Waals surface area (Å²) in [6.07, 6.45) is 0.0769. The molecule has 4 aromatic rings. The number of rotatable bonds is 6. The van der Waals surface area contributed by atoms with Crippen LogP contribution in [-0.2, 0) is 0 Å². The van der Waals surface area contributed by atoms with Gasteiger partial charge in [-0.05, 0) is 57.2 Å². The van der Waals surface area contributed by atoms with Gasteiger partial charge in [0, 0.05) is 27.6 Å². The fourth-order valence-electron chi connectivity index (χ4n) is 2.99. The number of nitrogens with one attached hydrogen (secondary N) is 1. The Balaban J connectivity index is 1.55. The molecule has 0 unspecified atom stereocenters. The molecular formula is C23H21ClN4O2S. The predicted molar refractivity (Wildman–Crippen MR) is 125 cm³/mol. The Hall–Kier alpha value is -3.16. The average molecular weight is 453 g/mol. The highest BCUT2D eigenvalue weighted by Crippen LogP contribution is 2.27. The van der Waals surface area contributed by atoms with Crippen LogP contribution in [0.15, 0.2) is 60.0 Å². The van der Waals surface area contributed by atoms with E-state index >= 15 is 0 Å². The molecule has 0 spiro atoms. The molecule has 0 aliphatic heterocycles. The average Bonchev–Trinajstić information content (AvgIpc) is 3.35. The minimum absolute atomic E-state index is 0.0769. The van der Waals surface area contributed by atoms with E-state index in [0.29, 0.717) is 21.5 Å². The van der Waals surface area contributed by atoms with Gasteiger partial charge < -0.3 is 10.1 Å². The monoisotopic (exact) mass is 452 g/mol. The van der Waals surface area contributed by atoms with Gasteiger partial charge in [-0.25, -0.2) is 4.98 Å². The van der Waals surface area contributed by atoms with E-state index in [1.54, 1.807) is 28.9 Å². The topological polar surface area (TPSA) is 69.0 Å². The quantitative estimate of drug-likeness (QED) is 0.389. The standard InChI is InChI=1S/C23H21ClN4O2S/c1-14(2)30-19-10-6-17(7-11-19)22(29)26-21-12-15(3)27-28(21)23-25-20(13-31-23)16-4-8-18(24)9-5-16/h4-14H,1-3H3,(H,26,29). The van der Waals surface area contributed by atoms with Crippen LogP contribution in [0.4, 0.5) is 5.82 Å². The van der Waals surface area contributed by atoms with Crippen molar-refractivity contribution in [2.24, 2.45) is 0 Å². The van der Waals surface area contributed by atoms with E-state index in [9.17, 15) is 4.79 Å². The Morgan fingerprint density at radius 3 is 2.52 bits per heavy atom. The number of halogens is 1. The van der Waals surface area contributed by atoms with Crippen LogP contribution in [0.5, 0.6) is 5.75 Å². The molecule has 8 heteroatoms. The van der Waals surface area contributed by atoms with Crippen molar-refractivity contribution in [2.75, 3.05) is 5.32 Å². The molecule has 2 aromatic carbocycles. The van der Waals surface area contributed by atoms with Gasteiger partial charge in [0.1, 0.15) is 11.6 Å². The largest absolute Gasteiger partial charge is 0.491 e. The smallest absolute Gasteiger partial charge is 0.256 e. The minimum atomic E-state index is -0.230. The first-order chi connectivity index (χ1) is 14.9. The minimum Gasteiger partial charge on any atom is -0.491 e. The molecular weight excluding hydrogens is 432 g/mol. The molecule has 2 aromatic heterocycles. The maximum absolute atomic E-state index is 12.8. The van der Waals surface area contributed by atoms with Crippen LogP contribution in [0.2, 0.25) is 5.02 Å². The van der Waals surface area contributed by atoms with Gasteiger partial charge in [-0.15, -0.1) is 11.3 Å². The number of benzene rings is 2. The summed E-state index contributed by atoms with van der Waals surface area (Å²) in [6, 6.07) is 16.4. The Bertz CT molecular complexity index is 1200. The van der Waals surface area contributed by atoms with Crippen molar-refractivity contribution in [3.8, 4) is 22.1 Å². The van der Waals surface area contributed by atoms with Crippen molar-refractivity contribution in [2.45, 2.75) is 26.9 Å². The molecule has 0 aliphatic rings. The van der Waals surface area contributed by atoms with E-state index < -0.39 is 0 Å². The van der Waals surface area contributed by atoms with Crippen LogP contribution in [-0.4, -0.2) is 26.8 Å². The molecule has 0 atom stereocenters. The van der Waals surface area contributed by atoms with Gasteiger partial charge in [0.2, 0.25) is 5.13 Å². The summed E-state index contributed by atoms with van der Waals surface area (Å²) in [7, 11) is 0. The summed E-state index contributed by atoms with van der Waals surface area (Å²) in [5, 5.41) is 10.7. The number of carbonyl (C=O) groups excluding carboxylic acids is 1. The second kappa shape index (κ2) is 8.91. The third-order valence-corrected chi connectivity index (χ3v) is 5.44. The lowest BCUT2D eigenvalue weighted by molar-refractivity contribution is 0.102. The Kier molecular flexibility index (Phi) is 6.06. The van der Waals surface area contributed by atoms with Gasteiger partial charge in [0.15, 0.2) is 0 Å². The first-order valence-corrected chi connectivity index (χ1v) is 11.0. The summed E-state index contributed by atoms with van der Waals surface area (Å²) >= 11 is 7.42. The zero-order valence-corrected chi connectivity index (χ0v) is 18.9. The molecule has 31 heavy (non-hydrogen) atoms. The third kappa shape index (κ3) is 4.95. The van der Waals surface area contributed by atoms with E-state index in [-0.39, 0.29) is 12.0 Å². The predicted octanol–water partition coefficient (Wildman–Crippen LogP) is 6.00. The summed E-state index contributed by atoms with van der Waals surface area (Å²) < 4.78 is 7.28. The highest BCUT2D eigenvalue weighted by molar-refractivity contribution is 7.12. The summed E-state index contributed by atoms with van der Waals surface area (Å²) in [5.41, 5.74) is 3.09. The Morgan fingerprint density at radius 2 is 1.84 bits per heavy atom. The number of aromatic nitrogens is 3. The molecule has 158 valence electrons. The molecule has 0 saturated heterocycles. The highest BCUT2D eigenvalue weighted by Gasteiger charge is 2.15. The van der Waals surface area contributed by atoms with E-state index in [1.807, 2.05) is 56.5 Å². The zero-order valence-electron chi connectivity index (χ0n) is 17.3. The Labute approximate surface area is 189 Å². The van der Waals surface area contributed by atoms with Crippen molar-refractivity contribution >= 4 is 34.7 Å². The lowest BCUT2D eigenvalue weighted by atomic mass is 10.2. The van der Waals surface area contributed by atoms with Crippen molar-refractivity contribution < 1.29 is 9.53 Å². The second-order valence-corrected chi connectivity index (χ2v) is 8.52. The number of amides is 1. The van der Waals surface area contributed by atoms with Crippen molar-refractivity contribution in [3.63, 3.8) is 0 Å². The number of hydrogen-bond acceptors (Lipinski definition) is 5. The number of nitrogens with zero attached hydrogens (tertiary/aromatic N) is 3. The van der Waals surface area contributed by atoms with Gasteiger partial charge in [-0.2, -0.15) is 9.78 Å². The summed E-state index contributed by atoms with van der Waals surface area (Å²) in [6.45, 7) is 5.79. The fourth-order valence-corrected chi connectivity index (χ4v) is 3.92. The molecule has 0 saturated carbocycles. The Morgan fingerprint density at radius 1 is 1.13 bits per heavy atom. The molecule has 6 nitrogen and oxygen atoms in total. The number of aryl methyl sites for hydroxylation is 1. The lowest BCUT2D eigenvalue weighted by Gasteiger charge is -2.10. The van der Waals surface area contributed by atoms with Gasteiger partial charge in [-0.3, -0.25) is 4.79 Å². The van der Waals surface area contributed by atoms with E-state index in [1.165, 1.54) is 11.3 Å². The molecule has 1 N–H and O–H groups in total. The first-order valence-electron chi connectivity index (χ1n) is 9.75. The molecule has 4 rings (SSSR count). The molecule has 0 radical (unpaired) electrons. The maximum Gasteiger partial charge on any atom is 0.256 e. The van der Waals surface area contributed by atoms with Crippen LogP contribution >= 0.6 is 22.9 Å². The van der Waals surface area contributed by atoms with Crippen LogP contribution < -0.4 is 10.1 Å². The SMILES string of the molecule is Cc1cc(NC(=O)c2ccc(OC(C)C)cc2)n(-c2nc(-c3ccc(Cl)cc3)cs2)n1. The maximum atomic E-state index is 12.8. The lowest BCUT2D eigenvalue weighted by Crippen LogP contribution is -2.15. The normalized spacial score (nSPS) is 11.0. The number of hydrogen-bond donors (Lipinski definition) is 1. The van der Waals surface area contributed by atoms with Crippen LogP contribution in [0, 0.1) is 6.92 Å². The number of ether oxygens (including phenoxy) is 1. The molecule has 2 heterocycles. The van der Waals surface area contributed by atoms with Gasteiger partial charge >= 0.3 is 0 Å².